The lowest BCUT2D eigenvalue weighted by atomic mass is 9.56. The van der Waals surface area contributed by atoms with Crippen LogP contribution in [0.4, 0.5) is 19.0 Å². The van der Waals surface area contributed by atoms with Crippen molar-refractivity contribution in [3.63, 3.8) is 0 Å². The van der Waals surface area contributed by atoms with Gasteiger partial charge in [-0.2, -0.15) is 13.2 Å². The van der Waals surface area contributed by atoms with Gasteiger partial charge >= 0.3 is 12.1 Å². The summed E-state index contributed by atoms with van der Waals surface area (Å²) in [6.07, 6.45) is 1.88. The molecule has 3 aliphatic rings. The Morgan fingerprint density at radius 1 is 1.18 bits per heavy atom. The quantitative estimate of drug-likeness (QED) is 0.525. The number of carbonyl (C=O) groups excluding carboxylic acids is 1. The Hall–Kier alpha value is -3.14. The highest BCUT2D eigenvalue weighted by molar-refractivity contribution is 6.30. The van der Waals surface area contributed by atoms with Gasteiger partial charge in [-0.25, -0.2) is 4.98 Å². The van der Waals surface area contributed by atoms with Gasteiger partial charge in [0.25, 0.3) is 0 Å². The lowest BCUT2D eigenvalue weighted by Gasteiger charge is -2.59. The fourth-order valence-electron chi connectivity index (χ4n) is 5.53. The van der Waals surface area contributed by atoms with Crippen molar-refractivity contribution in [2.45, 2.75) is 38.0 Å². The fraction of sp³-hybridized carbons (Fsp3) is 0.391. The van der Waals surface area contributed by atoms with Gasteiger partial charge in [-0.3, -0.25) is 9.78 Å². The third-order valence-corrected chi connectivity index (χ3v) is 7.26. The molecule has 6 rings (SSSR count). The van der Waals surface area contributed by atoms with Crippen LogP contribution in [-0.2, 0) is 17.9 Å². The van der Waals surface area contributed by atoms with Gasteiger partial charge in [-0.05, 0) is 36.1 Å². The third kappa shape index (κ3) is 3.43. The highest BCUT2D eigenvalue weighted by atomic mass is 35.5. The van der Waals surface area contributed by atoms with Gasteiger partial charge in [0.15, 0.2) is 5.76 Å². The molecule has 2 aliphatic heterocycles. The molecule has 1 saturated carbocycles. The summed E-state index contributed by atoms with van der Waals surface area (Å²) in [5, 5.41) is 4.67. The van der Waals surface area contributed by atoms with Crippen LogP contribution in [0, 0.1) is 5.41 Å². The summed E-state index contributed by atoms with van der Waals surface area (Å²) in [6, 6.07) is 5.06. The molecular formula is C23H19ClF3N5O2. The van der Waals surface area contributed by atoms with E-state index in [9.17, 15) is 18.0 Å². The van der Waals surface area contributed by atoms with Crippen LogP contribution in [0.15, 0.2) is 41.3 Å². The van der Waals surface area contributed by atoms with Gasteiger partial charge < -0.3 is 14.3 Å². The average Bonchev–Trinajstić information content (AvgIpc) is 3.06. The van der Waals surface area contributed by atoms with Crippen LogP contribution < -0.4 is 4.90 Å². The molecule has 7 nitrogen and oxygen atoms in total. The maximum absolute atomic E-state index is 13.2. The Morgan fingerprint density at radius 2 is 1.97 bits per heavy atom. The van der Waals surface area contributed by atoms with Crippen molar-refractivity contribution in [2.24, 2.45) is 5.41 Å². The van der Waals surface area contributed by atoms with Crippen molar-refractivity contribution in [1.29, 1.82) is 0 Å². The highest BCUT2D eigenvalue weighted by Crippen LogP contribution is 2.58. The van der Waals surface area contributed by atoms with Gasteiger partial charge in [0.05, 0.1) is 24.0 Å². The van der Waals surface area contributed by atoms with Crippen molar-refractivity contribution in [3.05, 3.63) is 58.8 Å². The molecule has 0 atom stereocenters. The first-order chi connectivity index (χ1) is 16.2. The van der Waals surface area contributed by atoms with E-state index in [4.69, 9.17) is 16.1 Å². The Labute approximate surface area is 197 Å². The lowest BCUT2D eigenvalue weighted by molar-refractivity contribution is -0.187. The van der Waals surface area contributed by atoms with Crippen LogP contribution in [0.25, 0.3) is 11.1 Å². The van der Waals surface area contributed by atoms with Gasteiger partial charge in [0.1, 0.15) is 5.82 Å². The first-order valence-electron chi connectivity index (χ1n) is 10.9. The van der Waals surface area contributed by atoms with E-state index in [-0.39, 0.29) is 30.2 Å². The second-order valence-electron chi connectivity index (χ2n) is 9.35. The summed E-state index contributed by atoms with van der Waals surface area (Å²) in [5.74, 6) is -0.660. The molecule has 0 bridgehead atoms. The van der Waals surface area contributed by atoms with Crippen LogP contribution in [0.5, 0.6) is 0 Å². The molecule has 176 valence electrons. The number of hydrogen-bond acceptors (Lipinski definition) is 6. The van der Waals surface area contributed by atoms with Gasteiger partial charge in [0, 0.05) is 48.4 Å². The van der Waals surface area contributed by atoms with E-state index < -0.39 is 12.1 Å². The van der Waals surface area contributed by atoms with E-state index in [0.29, 0.717) is 21.7 Å². The molecule has 1 aliphatic carbocycles. The molecule has 34 heavy (non-hydrogen) atoms. The maximum Gasteiger partial charge on any atom is 0.471 e. The molecule has 2 aromatic heterocycles. The van der Waals surface area contributed by atoms with Crippen molar-refractivity contribution in [1.82, 2.24) is 20.0 Å². The summed E-state index contributed by atoms with van der Waals surface area (Å²) in [4.78, 5) is 23.4. The topological polar surface area (TPSA) is 75.4 Å². The number of anilines is 1. The molecule has 1 aromatic carbocycles. The van der Waals surface area contributed by atoms with Crippen LogP contribution >= 0.6 is 11.6 Å². The van der Waals surface area contributed by atoms with E-state index in [1.807, 2.05) is 0 Å². The Bertz CT molecular complexity index is 1270. The molecule has 3 aromatic rings. The van der Waals surface area contributed by atoms with Crippen molar-refractivity contribution >= 4 is 23.3 Å². The molecule has 1 saturated heterocycles. The summed E-state index contributed by atoms with van der Waals surface area (Å²) in [6.45, 7) is 1.25. The number of fused-ring (bicyclic) bond motifs is 3. The number of carbonyl (C=O) groups is 1. The zero-order chi connectivity index (χ0) is 23.7. The standard InChI is InChI=1S/C23H19ClF3N5O2/c24-15-1-2-16-13(5-15)9-31(21(33)23(25,26)27)10-17-19(16)20(30-34-17)14-6-22(7-14)11-32(12-22)18-8-28-3-4-29-18/h1-5,8,14H,6-7,9-12H2. The van der Waals surface area contributed by atoms with E-state index in [0.717, 1.165) is 42.3 Å². The Kier molecular flexibility index (Phi) is 4.68. The normalized spacial score (nSPS) is 19.2. The van der Waals surface area contributed by atoms with E-state index >= 15 is 0 Å². The minimum absolute atomic E-state index is 0.130. The predicted molar refractivity (Wildman–Crippen MR) is 116 cm³/mol. The molecule has 2 fully saturated rings. The van der Waals surface area contributed by atoms with Crippen molar-refractivity contribution in [2.75, 3.05) is 18.0 Å². The summed E-state index contributed by atoms with van der Waals surface area (Å²) >= 11 is 6.14. The average molecular weight is 490 g/mol. The number of aromatic nitrogens is 3. The SMILES string of the molecule is O=C(N1Cc2cc(Cl)ccc2-c2c(C3CC4(C3)CN(c3cnccn3)C4)noc2C1)C(F)(F)F. The third-order valence-electron chi connectivity index (χ3n) is 7.02. The minimum atomic E-state index is -4.98. The Balaban J connectivity index is 1.27. The summed E-state index contributed by atoms with van der Waals surface area (Å²) in [5.41, 5.74) is 2.85. The number of halogens is 4. The Morgan fingerprint density at radius 3 is 2.68 bits per heavy atom. The molecular weight excluding hydrogens is 471 g/mol. The van der Waals surface area contributed by atoms with E-state index in [1.54, 1.807) is 36.8 Å². The fourth-order valence-corrected chi connectivity index (χ4v) is 5.72. The number of nitrogens with zero attached hydrogens (tertiary/aromatic N) is 5. The number of hydrogen-bond donors (Lipinski definition) is 0. The monoisotopic (exact) mass is 489 g/mol. The summed E-state index contributed by atoms with van der Waals surface area (Å²) < 4.78 is 45.2. The number of rotatable bonds is 2. The molecule has 0 N–H and O–H groups in total. The second-order valence-corrected chi connectivity index (χ2v) is 9.79. The lowest BCUT2D eigenvalue weighted by Crippen LogP contribution is -2.62. The molecule has 1 amide bonds. The van der Waals surface area contributed by atoms with E-state index in [1.165, 1.54) is 0 Å². The van der Waals surface area contributed by atoms with Gasteiger partial charge in [-0.15, -0.1) is 0 Å². The molecule has 4 heterocycles. The van der Waals surface area contributed by atoms with Crippen LogP contribution in [-0.4, -0.2) is 45.2 Å². The first kappa shape index (κ1) is 21.4. The minimum Gasteiger partial charge on any atom is -0.359 e. The number of benzene rings is 1. The smallest absolute Gasteiger partial charge is 0.359 e. The largest absolute Gasteiger partial charge is 0.471 e. The molecule has 1 spiro atoms. The van der Waals surface area contributed by atoms with Crippen molar-refractivity contribution in [3.8, 4) is 11.1 Å². The van der Waals surface area contributed by atoms with Crippen LogP contribution in [0.1, 0.15) is 35.8 Å². The van der Waals surface area contributed by atoms with Crippen LogP contribution in [0.2, 0.25) is 5.02 Å². The highest BCUT2D eigenvalue weighted by Gasteiger charge is 2.54. The van der Waals surface area contributed by atoms with E-state index in [2.05, 4.69) is 20.0 Å². The zero-order valence-corrected chi connectivity index (χ0v) is 18.6. The van der Waals surface area contributed by atoms with Gasteiger partial charge in [-0.1, -0.05) is 22.8 Å². The first-order valence-corrected chi connectivity index (χ1v) is 11.2. The second kappa shape index (κ2) is 7.43. The van der Waals surface area contributed by atoms with Gasteiger partial charge in [0.2, 0.25) is 0 Å². The molecule has 0 radical (unpaired) electrons. The number of alkyl halides is 3. The van der Waals surface area contributed by atoms with Crippen LogP contribution in [0.3, 0.4) is 0 Å². The summed E-state index contributed by atoms with van der Waals surface area (Å²) in [7, 11) is 0. The number of amides is 1. The molecule has 0 unspecified atom stereocenters. The molecule has 11 heteroatoms. The van der Waals surface area contributed by atoms with Crippen molar-refractivity contribution < 1.29 is 22.5 Å². The maximum atomic E-state index is 13.2. The predicted octanol–water partition coefficient (Wildman–Crippen LogP) is 4.57. The zero-order valence-electron chi connectivity index (χ0n) is 17.8.